The lowest BCUT2D eigenvalue weighted by Gasteiger charge is -2.05. The summed E-state index contributed by atoms with van der Waals surface area (Å²) in [6.45, 7) is 4.11. The Morgan fingerprint density at radius 3 is 2.86 bits per heavy atom. The second-order valence-corrected chi connectivity index (χ2v) is 3.41. The highest BCUT2D eigenvalue weighted by atomic mass is 35.5. The molecule has 0 atom stereocenters. The largest absolute Gasteiger partial charge is 0.466 e. The fourth-order valence-corrected chi connectivity index (χ4v) is 1.41. The SMILES string of the molecule is CCOC(=O)Cc1cccc(C)c1Cl. The van der Waals surface area contributed by atoms with E-state index in [9.17, 15) is 4.79 Å². The van der Waals surface area contributed by atoms with Gasteiger partial charge in [0.05, 0.1) is 13.0 Å². The fourth-order valence-electron chi connectivity index (χ4n) is 1.21. The van der Waals surface area contributed by atoms with Crippen molar-refractivity contribution >= 4 is 17.6 Å². The Morgan fingerprint density at radius 1 is 1.50 bits per heavy atom. The van der Waals surface area contributed by atoms with E-state index in [2.05, 4.69) is 0 Å². The molecule has 1 aromatic rings. The highest BCUT2D eigenvalue weighted by molar-refractivity contribution is 6.32. The molecular weight excluding hydrogens is 200 g/mol. The molecule has 14 heavy (non-hydrogen) atoms. The van der Waals surface area contributed by atoms with E-state index in [1.54, 1.807) is 6.92 Å². The maximum atomic E-state index is 11.2. The molecule has 0 aromatic heterocycles. The van der Waals surface area contributed by atoms with Gasteiger partial charge < -0.3 is 4.74 Å². The molecule has 0 radical (unpaired) electrons. The highest BCUT2D eigenvalue weighted by Crippen LogP contribution is 2.20. The lowest BCUT2D eigenvalue weighted by molar-refractivity contribution is -0.142. The average molecular weight is 213 g/mol. The van der Waals surface area contributed by atoms with Gasteiger partial charge in [0.15, 0.2) is 0 Å². The van der Waals surface area contributed by atoms with Crippen molar-refractivity contribution in [2.45, 2.75) is 20.3 Å². The summed E-state index contributed by atoms with van der Waals surface area (Å²) >= 11 is 6.03. The minimum atomic E-state index is -0.236. The van der Waals surface area contributed by atoms with Gasteiger partial charge in [-0.2, -0.15) is 0 Å². The van der Waals surface area contributed by atoms with Gasteiger partial charge in [0, 0.05) is 5.02 Å². The molecule has 0 amide bonds. The van der Waals surface area contributed by atoms with E-state index >= 15 is 0 Å². The number of hydrogen-bond donors (Lipinski definition) is 0. The standard InChI is InChI=1S/C11H13ClO2/c1-3-14-10(13)7-9-6-4-5-8(2)11(9)12/h4-6H,3,7H2,1-2H3. The van der Waals surface area contributed by atoms with E-state index in [1.807, 2.05) is 25.1 Å². The average Bonchev–Trinajstić information content (AvgIpc) is 2.13. The first-order valence-electron chi connectivity index (χ1n) is 4.54. The van der Waals surface area contributed by atoms with Gasteiger partial charge in [0.1, 0.15) is 0 Å². The summed E-state index contributed by atoms with van der Waals surface area (Å²) in [7, 11) is 0. The maximum absolute atomic E-state index is 11.2. The molecule has 76 valence electrons. The van der Waals surface area contributed by atoms with Crippen molar-refractivity contribution in [1.29, 1.82) is 0 Å². The van der Waals surface area contributed by atoms with Gasteiger partial charge in [-0.05, 0) is 25.0 Å². The predicted octanol–water partition coefficient (Wildman–Crippen LogP) is 2.75. The van der Waals surface area contributed by atoms with Crippen LogP contribution in [0.3, 0.4) is 0 Å². The first kappa shape index (κ1) is 11.1. The summed E-state index contributed by atoms with van der Waals surface area (Å²) in [4.78, 5) is 11.2. The Kier molecular flexibility index (Phi) is 3.96. The molecule has 0 saturated carbocycles. The monoisotopic (exact) mass is 212 g/mol. The molecule has 0 bridgehead atoms. The molecule has 2 nitrogen and oxygen atoms in total. The first-order chi connectivity index (χ1) is 6.65. The fraction of sp³-hybridized carbons (Fsp3) is 0.364. The van der Waals surface area contributed by atoms with Crippen LogP contribution in [0, 0.1) is 6.92 Å². The van der Waals surface area contributed by atoms with Crippen LogP contribution in [0.2, 0.25) is 5.02 Å². The Bertz CT molecular complexity index is 334. The van der Waals surface area contributed by atoms with Crippen molar-refractivity contribution in [1.82, 2.24) is 0 Å². The Labute approximate surface area is 88.8 Å². The minimum Gasteiger partial charge on any atom is -0.466 e. The molecule has 0 aliphatic rings. The molecule has 0 fully saturated rings. The lowest BCUT2D eigenvalue weighted by atomic mass is 10.1. The molecule has 3 heteroatoms. The molecule has 0 aliphatic carbocycles. The smallest absolute Gasteiger partial charge is 0.310 e. The molecule has 0 aliphatic heterocycles. The number of ether oxygens (including phenoxy) is 1. The van der Waals surface area contributed by atoms with Crippen LogP contribution in [0.4, 0.5) is 0 Å². The van der Waals surface area contributed by atoms with E-state index < -0.39 is 0 Å². The third kappa shape index (κ3) is 2.74. The second kappa shape index (κ2) is 5.01. The molecule has 0 heterocycles. The first-order valence-corrected chi connectivity index (χ1v) is 4.92. The van der Waals surface area contributed by atoms with Crippen molar-refractivity contribution < 1.29 is 9.53 Å². The van der Waals surface area contributed by atoms with Crippen LogP contribution in [0.1, 0.15) is 18.1 Å². The van der Waals surface area contributed by atoms with Crippen LogP contribution in [0.15, 0.2) is 18.2 Å². The molecule has 1 aromatic carbocycles. The number of esters is 1. The Morgan fingerprint density at radius 2 is 2.21 bits per heavy atom. The number of carbonyl (C=O) groups is 1. The Balaban J connectivity index is 2.76. The minimum absolute atomic E-state index is 0.236. The zero-order chi connectivity index (χ0) is 10.6. The van der Waals surface area contributed by atoms with Crippen molar-refractivity contribution in [2.75, 3.05) is 6.61 Å². The number of carbonyl (C=O) groups excluding carboxylic acids is 1. The van der Waals surface area contributed by atoms with E-state index in [4.69, 9.17) is 16.3 Å². The molecular formula is C11H13ClO2. The third-order valence-electron chi connectivity index (χ3n) is 1.91. The molecule has 0 saturated heterocycles. The second-order valence-electron chi connectivity index (χ2n) is 3.03. The zero-order valence-corrected chi connectivity index (χ0v) is 9.10. The van der Waals surface area contributed by atoms with Gasteiger partial charge in [0.2, 0.25) is 0 Å². The van der Waals surface area contributed by atoms with Crippen molar-refractivity contribution in [3.63, 3.8) is 0 Å². The highest BCUT2D eigenvalue weighted by Gasteiger charge is 2.08. The normalized spacial score (nSPS) is 9.93. The maximum Gasteiger partial charge on any atom is 0.310 e. The summed E-state index contributed by atoms with van der Waals surface area (Å²) in [6.07, 6.45) is 0.244. The topological polar surface area (TPSA) is 26.3 Å². The van der Waals surface area contributed by atoms with E-state index in [-0.39, 0.29) is 12.4 Å². The molecule has 1 rings (SSSR count). The van der Waals surface area contributed by atoms with Crippen molar-refractivity contribution in [2.24, 2.45) is 0 Å². The number of rotatable bonds is 3. The molecule has 0 spiro atoms. The van der Waals surface area contributed by atoms with Gasteiger partial charge in [-0.15, -0.1) is 0 Å². The summed E-state index contributed by atoms with van der Waals surface area (Å²) in [6, 6.07) is 5.64. The molecule has 0 unspecified atom stereocenters. The third-order valence-corrected chi connectivity index (χ3v) is 2.45. The van der Waals surface area contributed by atoms with Crippen molar-refractivity contribution in [3.05, 3.63) is 34.3 Å². The number of hydrogen-bond acceptors (Lipinski definition) is 2. The predicted molar refractivity (Wildman–Crippen MR) is 56.5 cm³/mol. The van der Waals surface area contributed by atoms with Crippen molar-refractivity contribution in [3.8, 4) is 0 Å². The van der Waals surface area contributed by atoms with Crippen LogP contribution in [-0.4, -0.2) is 12.6 Å². The summed E-state index contributed by atoms with van der Waals surface area (Å²) in [5.74, 6) is -0.236. The van der Waals surface area contributed by atoms with Gasteiger partial charge in [0.25, 0.3) is 0 Å². The number of aryl methyl sites for hydroxylation is 1. The van der Waals surface area contributed by atoms with Crippen LogP contribution >= 0.6 is 11.6 Å². The summed E-state index contributed by atoms with van der Waals surface area (Å²) in [5, 5.41) is 0.653. The van der Waals surface area contributed by atoms with E-state index in [0.29, 0.717) is 11.6 Å². The van der Waals surface area contributed by atoms with Gasteiger partial charge in [-0.1, -0.05) is 29.8 Å². The summed E-state index contributed by atoms with van der Waals surface area (Å²) in [5.41, 5.74) is 1.80. The number of halogens is 1. The number of benzene rings is 1. The van der Waals surface area contributed by atoms with E-state index in [1.165, 1.54) is 0 Å². The Hall–Kier alpha value is -1.02. The van der Waals surface area contributed by atoms with Crippen LogP contribution in [0.5, 0.6) is 0 Å². The zero-order valence-electron chi connectivity index (χ0n) is 8.34. The van der Waals surface area contributed by atoms with Crippen LogP contribution < -0.4 is 0 Å². The quantitative estimate of drug-likeness (QED) is 0.721. The molecule has 0 N–H and O–H groups in total. The van der Waals surface area contributed by atoms with Crippen LogP contribution in [-0.2, 0) is 16.0 Å². The van der Waals surface area contributed by atoms with Crippen LogP contribution in [0.25, 0.3) is 0 Å². The van der Waals surface area contributed by atoms with Gasteiger partial charge in [-0.3, -0.25) is 4.79 Å². The van der Waals surface area contributed by atoms with Gasteiger partial charge in [-0.25, -0.2) is 0 Å². The summed E-state index contributed by atoms with van der Waals surface area (Å²) < 4.78 is 4.84. The van der Waals surface area contributed by atoms with Gasteiger partial charge >= 0.3 is 5.97 Å². The van der Waals surface area contributed by atoms with E-state index in [0.717, 1.165) is 11.1 Å². The lowest BCUT2D eigenvalue weighted by Crippen LogP contribution is -2.08.